The van der Waals surface area contributed by atoms with Crippen LogP contribution in [0.3, 0.4) is 0 Å². The number of anilines is 3. The third kappa shape index (κ3) is 2.56. The van der Waals surface area contributed by atoms with Gasteiger partial charge in [-0.15, -0.1) is 0 Å². The summed E-state index contributed by atoms with van der Waals surface area (Å²) in [6, 6.07) is 11.5. The maximum Gasteiger partial charge on any atom is 0.0742 e. The molecule has 0 atom stereocenters. The Hall–Kier alpha value is -1.19. The van der Waals surface area contributed by atoms with Crippen LogP contribution in [0.4, 0.5) is 17.1 Å². The van der Waals surface area contributed by atoms with Crippen LogP contribution in [0.5, 0.6) is 0 Å². The minimum Gasteiger partial charge on any atom is -0.396 e. The fraction of sp³-hybridized carbons (Fsp3) is 0.0769. The Morgan fingerprint density at radius 3 is 2.53 bits per heavy atom. The van der Waals surface area contributed by atoms with Crippen molar-refractivity contribution in [2.45, 2.75) is 6.92 Å². The van der Waals surface area contributed by atoms with Crippen molar-refractivity contribution in [1.29, 1.82) is 0 Å². The highest BCUT2D eigenvalue weighted by atomic mass is 79.9. The van der Waals surface area contributed by atoms with Crippen LogP contribution in [0.25, 0.3) is 0 Å². The fourth-order valence-electron chi connectivity index (χ4n) is 1.53. The van der Waals surface area contributed by atoms with Gasteiger partial charge in [-0.05, 0) is 36.8 Å². The van der Waals surface area contributed by atoms with Crippen molar-refractivity contribution in [3.8, 4) is 0 Å². The van der Waals surface area contributed by atoms with E-state index in [2.05, 4.69) is 21.2 Å². The topological polar surface area (TPSA) is 38.0 Å². The van der Waals surface area contributed by atoms with Crippen molar-refractivity contribution in [1.82, 2.24) is 0 Å². The minimum absolute atomic E-state index is 0.558. The van der Waals surface area contributed by atoms with Crippen LogP contribution in [-0.4, -0.2) is 0 Å². The Bertz CT molecular complexity index is 506. The third-order valence-electron chi connectivity index (χ3n) is 2.59. The summed E-state index contributed by atoms with van der Waals surface area (Å²) < 4.78 is 1.06. The van der Waals surface area contributed by atoms with E-state index in [1.54, 1.807) is 6.07 Å². The molecule has 0 fully saturated rings. The number of rotatable bonds is 2. The summed E-state index contributed by atoms with van der Waals surface area (Å²) >= 11 is 9.47. The molecule has 0 amide bonds. The van der Waals surface area contributed by atoms with Crippen LogP contribution >= 0.6 is 27.5 Å². The largest absolute Gasteiger partial charge is 0.396 e. The van der Waals surface area contributed by atoms with Gasteiger partial charge in [0.2, 0.25) is 0 Å². The Kier molecular flexibility index (Phi) is 3.60. The first-order valence-electron chi connectivity index (χ1n) is 5.15. The molecular formula is C13H12BrClN2. The number of para-hydroxylation sites is 1. The second-order valence-corrected chi connectivity index (χ2v) is 5.00. The maximum atomic E-state index is 5.98. The molecule has 0 heterocycles. The zero-order valence-corrected chi connectivity index (χ0v) is 11.6. The molecule has 2 nitrogen and oxygen atoms in total. The SMILES string of the molecule is Cc1c(Br)cccc1Nc1cccc(Cl)c1N. The molecule has 0 aromatic heterocycles. The number of nitrogen functional groups attached to an aromatic ring is 1. The minimum atomic E-state index is 0.558. The van der Waals surface area contributed by atoms with Gasteiger partial charge < -0.3 is 11.1 Å². The van der Waals surface area contributed by atoms with Crippen molar-refractivity contribution in [2.75, 3.05) is 11.1 Å². The Balaban J connectivity index is 2.38. The number of nitrogens with two attached hydrogens (primary N) is 1. The molecule has 0 aliphatic carbocycles. The predicted octanol–water partition coefficient (Wildman–Crippen LogP) is 4.74. The lowest BCUT2D eigenvalue weighted by Crippen LogP contribution is -1.98. The van der Waals surface area contributed by atoms with Crippen LogP contribution in [0.2, 0.25) is 5.02 Å². The number of nitrogens with one attached hydrogen (secondary N) is 1. The van der Waals surface area contributed by atoms with Crippen LogP contribution < -0.4 is 11.1 Å². The smallest absolute Gasteiger partial charge is 0.0742 e. The zero-order valence-electron chi connectivity index (χ0n) is 9.30. The van der Waals surface area contributed by atoms with Gasteiger partial charge in [-0.3, -0.25) is 0 Å². The number of hydrogen-bond donors (Lipinski definition) is 2. The standard InChI is InChI=1S/C13H12BrClN2/c1-8-9(14)4-2-6-11(8)17-12-7-3-5-10(15)13(12)16/h2-7,17H,16H2,1H3. The summed E-state index contributed by atoms with van der Waals surface area (Å²) in [5.41, 5.74) is 9.43. The molecule has 2 aromatic carbocycles. The van der Waals surface area contributed by atoms with Gasteiger partial charge in [0.05, 0.1) is 16.4 Å². The number of hydrogen-bond acceptors (Lipinski definition) is 2. The van der Waals surface area contributed by atoms with Gasteiger partial charge in [-0.25, -0.2) is 0 Å². The van der Waals surface area contributed by atoms with E-state index in [4.69, 9.17) is 17.3 Å². The molecule has 0 bridgehead atoms. The van der Waals surface area contributed by atoms with Crippen LogP contribution in [0.1, 0.15) is 5.56 Å². The lowest BCUT2D eigenvalue weighted by molar-refractivity contribution is 1.40. The van der Waals surface area contributed by atoms with Gasteiger partial charge in [0, 0.05) is 10.2 Å². The lowest BCUT2D eigenvalue weighted by atomic mass is 10.2. The zero-order chi connectivity index (χ0) is 12.4. The van der Waals surface area contributed by atoms with E-state index in [0.29, 0.717) is 10.7 Å². The average molecular weight is 312 g/mol. The van der Waals surface area contributed by atoms with E-state index >= 15 is 0 Å². The number of halogens is 2. The molecular weight excluding hydrogens is 300 g/mol. The Labute approximate surface area is 114 Å². The van der Waals surface area contributed by atoms with Crippen molar-refractivity contribution in [3.63, 3.8) is 0 Å². The first kappa shape index (κ1) is 12.3. The molecule has 0 aliphatic rings. The second kappa shape index (κ2) is 4.98. The van der Waals surface area contributed by atoms with Crippen molar-refractivity contribution in [3.05, 3.63) is 51.5 Å². The quantitative estimate of drug-likeness (QED) is 0.786. The summed E-state index contributed by atoms with van der Waals surface area (Å²) in [5, 5.41) is 3.84. The molecule has 0 radical (unpaired) electrons. The highest BCUT2D eigenvalue weighted by molar-refractivity contribution is 9.10. The van der Waals surface area contributed by atoms with Gasteiger partial charge in [0.25, 0.3) is 0 Å². The highest BCUT2D eigenvalue weighted by Gasteiger charge is 2.06. The average Bonchev–Trinajstić information content (AvgIpc) is 2.31. The Morgan fingerprint density at radius 2 is 1.76 bits per heavy atom. The number of benzene rings is 2. The van der Waals surface area contributed by atoms with E-state index in [-0.39, 0.29) is 0 Å². The molecule has 0 saturated heterocycles. The van der Waals surface area contributed by atoms with Crippen molar-refractivity contribution >= 4 is 44.6 Å². The lowest BCUT2D eigenvalue weighted by Gasteiger charge is -2.13. The normalized spacial score (nSPS) is 10.3. The van der Waals surface area contributed by atoms with E-state index in [1.165, 1.54) is 0 Å². The first-order valence-corrected chi connectivity index (χ1v) is 6.33. The van der Waals surface area contributed by atoms with Crippen molar-refractivity contribution in [2.24, 2.45) is 0 Å². The summed E-state index contributed by atoms with van der Waals surface area (Å²) in [7, 11) is 0. The molecule has 3 N–H and O–H groups in total. The van der Waals surface area contributed by atoms with E-state index in [9.17, 15) is 0 Å². The molecule has 0 spiro atoms. The van der Waals surface area contributed by atoms with E-state index < -0.39 is 0 Å². The second-order valence-electron chi connectivity index (χ2n) is 3.74. The molecule has 88 valence electrons. The molecule has 0 unspecified atom stereocenters. The summed E-state index contributed by atoms with van der Waals surface area (Å²) in [6.45, 7) is 2.03. The molecule has 17 heavy (non-hydrogen) atoms. The van der Waals surface area contributed by atoms with Crippen LogP contribution in [0.15, 0.2) is 40.9 Å². The molecule has 2 rings (SSSR count). The van der Waals surface area contributed by atoms with Gasteiger partial charge >= 0.3 is 0 Å². The highest BCUT2D eigenvalue weighted by Crippen LogP contribution is 2.32. The van der Waals surface area contributed by atoms with E-state index in [1.807, 2.05) is 37.3 Å². The monoisotopic (exact) mass is 310 g/mol. The van der Waals surface area contributed by atoms with E-state index in [0.717, 1.165) is 21.4 Å². The molecule has 0 saturated carbocycles. The predicted molar refractivity (Wildman–Crippen MR) is 78.0 cm³/mol. The first-order chi connectivity index (χ1) is 8.09. The van der Waals surface area contributed by atoms with Gasteiger partial charge in [0.15, 0.2) is 0 Å². The van der Waals surface area contributed by atoms with Gasteiger partial charge in [-0.1, -0.05) is 39.7 Å². The van der Waals surface area contributed by atoms with Crippen LogP contribution in [-0.2, 0) is 0 Å². The maximum absolute atomic E-state index is 5.98. The summed E-state index contributed by atoms with van der Waals surface area (Å²) in [4.78, 5) is 0. The fourth-order valence-corrected chi connectivity index (χ4v) is 2.07. The molecule has 0 aliphatic heterocycles. The summed E-state index contributed by atoms with van der Waals surface area (Å²) in [5.74, 6) is 0. The van der Waals surface area contributed by atoms with Crippen LogP contribution in [0, 0.1) is 6.92 Å². The van der Waals surface area contributed by atoms with Gasteiger partial charge in [-0.2, -0.15) is 0 Å². The third-order valence-corrected chi connectivity index (χ3v) is 3.78. The van der Waals surface area contributed by atoms with Gasteiger partial charge in [0.1, 0.15) is 0 Å². The molecule has 2 aromatic rings. The molecule has 4 heteroatoms. The van der Waals surface area contributed by atoms with Crippen molar-refractivity contribution < 1.29 is 0 Å². The Morgan fingerprint density at radius 1 is 1.12 bits per heavy atom. The summed E-state index contributed by atoms with van der Waals surface area (Å²) in [6.07, 6.45) is 0.